The number of halogens is 1. The number of nitrogens with zero attached hydrogens (tertiary/aromatic N) is 2. The van der Waals surface area contributed by atoms with E-state index in [-0.39, 0.29) is 23.5 Å². The summed E-state index contributed by atoms with van der Waals surface area (Å²) in [7, 11) is -3.02. The zero-order chi connectivity index (χ0) is 16.6. The lowest BCUT2D eigenvalue weighted by Gasteiger charge is -2.13. The number of anilines is 1. The first kappa shape index (κ1) is 16.0. The van der Waals surface area contributed by atoms with E-state index in [0.29, 0.717) is 22.8 Å². The average Bonchev–Trinajstić information content (AvgIpc) is 3.02. The van der Waals surface area contributed by atoms with Gasteiger partial charge in [-0.1, -0.05) is 11.6 Å². The van der Waals surface area contributed by atoms with Crippen molar-refractivity contribution in [2.24, 2.45) is 0 Å². The summed E-state index contributed by atoms with van der Waals surface area (Å²) >= 11 is 5.82. The summed E-state index contributed by atoms with van der Waals surface area (Å²) in [4.78, 5) is 12.3. The smallest absolute Gasteiger partial charge is 0.256 e. The Kier molecular flexibility index (Phi) is 4.16. The van der Waals surface area contributed by atoms with Crippen molar-refractivity contribution < 1.29 is 13.2 Å². The second-order valence-corrected chi connectivity index (χ2v) is 8.30. The molecule has 0 radical (unpaired) electrons. The molecule has 0 spiro atoms. The van der Waals surface area contributed by atoms with Crippen LogP contribution < -0.4 is 5.32 Å². The fourth-order valence-electron chi connectivity index (χ4n) is 2.65. The Balaban J connectivity index is 1.83. The summed E-state index contributed by atoms with van der Waals surface area (Å²) < 4.78 is 24.9. The molecule has 8 heteroatoms. The highest BCUT2D eigenvalue weighted by atomic mass is 35.5. The number of carbonyl (C=O) groups excluding carboxylic acids is 1. The molecule has 1 aliphatic heterocycles. The lowest BCUT2D eigenvalue weighted by atomic mass is 10.2. The third kappa shape index (κ3) is 3.56. The van der Waals surface area contributed by atoms with Crippen molar-refractivity contribution >= 4 is 33.2 Å². The molecule has 6 nitrogen and oxygen atoms in total. The monoisotopic (exact) mass is 353 g/mol. The second-order valence-electron chi connectivity index (χ2n) is 5.63. The molecule has 1 aliphatic rings. The van der Waals surface area contributed by atoms with Gasteiger partial charge < -0.3 is 5.32 Å². The summed E-state index contributed by atoms with van der Waals surface area (Å²) in [6.45, 7) is 1.80. The number of amides is 1. The number of rotatable bonds is 3. The van der Waals surface area contributed by atoms with Crippen LogP contribution >= 0.6 is 11.6 Å². The number of carbonyl (C=O) groups is 1. The van der Waals surface area contributed by atoms with Crippen molar-refractivity contribution in [2.45, 2.75) is 19.4 Å². The SMILES string of the molecule is Cc1cc(NC(=O)c2ccc(Cl)cc2)n(C2CCS(=O)(=O)C2)n1. The minimum absolute atomic E-state index is 0.0535. The van der Waals surface area contributed by atoms with E-state index in [1.807, 2.05) is 0 Å². The highest BCUT2D eigenvalue weighted by Gasteiger charge is 2.31. The third-order valence-corrected chi connectivity index (χ3v) is 5.76. The first-order valence-corrected chi connectivity index (χ1v) is 9.37. The van der Waals surface area contributed by atoms with Crippen LogP contribution in [0.15, 0.2) is 30.3 Å². The van der Waals surface area contributed by atoms with Crippen LogP contribution in [0.1, 0.15) is 28.5 Å². The van der Waals surface area contributed by atoms with Crippen LogP contribution in [0.4, 0.5) is 5.82 Å². The number of sulfone groups is 1. The number of nitrogens with one attached hydrogen (secondary N) is 1. The highest BCUT2D eigenvalue weighted by Crippen LogP contribution is 2.27. The third-order valence-electron chi connectivity index (χ3n) is 3.76. The number of benzene rings is 1. The fourth-order valence-corrected chi connectivity index (χ4v) is 4.46. The first-order chi connectivity index (χ1) is 10.8. The maximum atomic E-state index is 12.3. The van der Waals surface area contributed by atoms with Gasteiger partial charge in [-0.25, -0.2) is 13.1 Å². The van der Waals surface area contributed by atoms with Crippen molar-refractivity contribution in [3.05, 3.63) is 46.6 Å². The van der Waals surface area contributed by atoms with Gasteiger partial charge in [-0.15, -0.1) is 0 Å². The van der Waals surface area contributed by atoms with Crippen LogP contribution in [-0.2, 0) is 9.84 Å². The van der Waals surface area contributed by atoms with Crippen molar-refractivity contribution in [1.29, 1.82) is 0 Å². The lowest BCUT2D eigenvalue weighted by molar-refractivity contribution is 0.102. The Bertz CT molecular complexity index is 843. The maximum Gasteiger partial charge on any atom is 0.256 e. The molecule has 3 rings (SSSR count). The normalized spacial score (nSPS) is 19.7. The van der Waals surface area contributed by atoms with E-state index < -0.39 is 9.84 Å². The van der Waals surface area contributed by atoms with E-state index in [2.05, 4.69) is 10.4 Å². The molecule has 1 unspecified atom stereocenters. The Labute approximate surface area is 139 Å². The van der Waals surface area contributed by atoms with Crippen molar-refractivity contribution in [3.8, 4) is 0 Å². The Hall–Kier alpha value is -1.86. The van der Waals surface area contributed by atoms with Crippen LogP contribution in [0.3, 0.4) is 0 Å². The Morgan fingerprint density at radius 2 is 2.04 bits per heavy atom. The molecule has 2 heterocycles. The van der Waals surface area contributed by atoms with Crippen LogP contribution in [0, 0.1) is 6.92 Å². The van der Waals surface area contributed by atoms with Gasteiger partial charge in [0.05, 0.1) is 23.2 Å². The van der Waals surface area contributed by atoms with Crippen LogP contribution in [0.2, 0.25) is 5.02 Å². The molecule has 1 N–H and O–H groups in total. The van der Waals surface area contributed by atoms with E-state index in [0.717, 1.165) is 5.69 Å². The summed E-state index contributed by atoms with van der Waals surface area (Å²) in [5.74, 6) is 0.423. The van der Waals surface area contributed by atoms with Gasteiger partial charge in [-0.05, 0) is 37.6 Å². The molecule has 1 fully saturated rings. The zero-order valence-electron chi connectivity index (χ0n) is 12.5. The zero-order valence-corrected chi connectivity index (χ0v) is 14.1. The average molecular weight is 354 g/mol. The molecule has 1 amide bonds. The summed E-state index contributed by atoms with van der Waals surface area (Å²) in [6.07, 6.45) is 0.507. The van der Waals surface area contributed by atoms with Crippen LogP contribution in [0.25, 0.3) is 0 Å². The largest absolute Gasteiger partial charge is 0.307 e. The molecule has 0 aliphatic carbocycles. The molecular weight excluding hydrogens is 338 g/mol. The predicted molar refractivity (Wildman–Crippen MR) is 88.7 cm³/mol. The van der Waals surface area contributed by atoms with E-state index in [1.165, 1.54) is 0 Å². The molecule has 0 bridgehead atoms. The quantitative estimate of drug-likeness (QED) is 0.919. The van der Waals surface area contributed by atoms with Gasteiger partial charge in [0.1, 0.15) is 5.82 Å². The molecule has 0 saturated carbocycles. The van der Waals surface area contributed by atoms with E-state index in [9.17, 15) is 13.2 Å². The highest BCUT2D eigenvalue weighted by molar-refractivity contribution is 7.91. The number of hydrogen-bond acceptors (Lipinski definition) is 4. The lowest BCUT2D eigenvalue weighted by Crippen LogP contribution is -2.19. The summed E-state index contributed by atoms with van der Waals surface area (Å²) in [5, 5.41) is 7.68. The molecule has 2 aromatic rings. The number of aromatic nitrogens is 2. The van der Waals surface area contributed by atoms with Crippen molar-refractivity contribution in [3.63, 3.8) is 0 Å². The predicted octanol–water partition coefficient (Wildman–Crippen LogP) is 2.46. The van der Waals surface area contributed by atoms with Gasteiger partial charge in [0.15, 0.2) is 9.84 Å². The van der Waals surface area contributed by atoms with Gasteiger partial charge in [-0.2, -0.15) is 5.10 Å². The maximum absolute atomic E-state index is 12.3. The Morgan fingerprint density at radius 1 is 1.35 bits per heavy atom. The van der Waals surface area contributed by atoms with Gasteiger partial charge in [0.25, 0.3) is 5.91 Å². The minimum Gasteiger partial charge on any atom is -0.307 e. The molecular formula is C15H16ClN3O3S. The standard InChI is InChI=1S/C15H16ClN3O3S/c1-10-8-14(17-15(20)11-2-4-12(16)5-3-11)19(18-10)13-6-7-23(21,22)9-13/h2-5,8,13H,6-7,9H2,1H3,(H,17,20). The minimum atomic E-state index is -3.02. The van der Waals surface area contributed by atoms with Gasteiger partial charge in [-0.3, -0.25) is 4.79 Å². The summed E-state index contributed by atoms with van der Waals surface area (Å²) in [5.41, 5.74) is 1.19. The number of aryl methyl sites for hydroxylation is 1. The van der Waals surface area contributed by atoms with Gasteiger partial charge >= 0.3 is 0 Å². The fraction of sp³-hybridized carbons (Fsp3) is 0.333. The summed E-state index contributed by atoms with van der Waals surface area (Å²) in [6, 6.07) is 8.04. The molecule has 23 heavy (non-hydrogen) atoms. The molecule has 1 aromatic carbocycles. The van der Waals surface area contributed by atoms with E-state index in [4.69, 9.17) is 11.6 Å². The second kappa shape index (κ2) is 5.98. The van der Waals surface area contributed by atoms with Crippen LogP contribution in [-0.4, -0.2) is 35.6 Å². The van der Waals surface area contributed by atoms with E-state index in [1.54, 1.807) is 41.9 Å². The van der Waals surface area contributed by atoms with Gasteiger partial charge in [0.2, 0.25) is 0 Å². The molecule has 1 aromatic heterocycles. The van der Waals surface area contributed by atoms with Crippen LogP contribution in [0.5, 0.6) is 0 Å². The van der Waals surface area contributed by atoms with Crippen molar-refractivity contribution in [2.75, 3.05) is 16.8 Å². The first-order valence-electron chi connectivity index (χ1n) is 7.17. The number of hydrogen-bond donors (Lipinski definition) is 1. The van der Waals surface area contributed by atoms with Crippen molar-refractivity contribution in [1.82, 2.24) is 9.78 Å². The van der Waals surface area contributed by atoms with E-state index >= 15 is 0 Å². The Morgan fingerprint density at radius 3 is 2.65 bits per heavy atom. The molecule has 1 saturated heterocycles. The van der Waals surface area contributed by atoms with Gasteiger partial charge in [0, 0.05) is 16.7 Å². The molecule has 1 atom stereocenters. The topological polar surface area (TPSA) is 81.1 Å². The molecule has 122 valence electrons.